The summed E-state index contributed by atoms with van der Waals surface area (Å²) in [6, 6.07) is 10.3. The number of hydrogen-bond acceptors (Lipinski definition) is 2. The lowest BCUT2D eigenvalue weighted by Gasteiger charge is -2.01. The van der Waals surface area contributed by atoms with Gasteiger partial charge in [-0.25, -0.2) is 0 Å². The summed E-state index contributed by atoms with van der Waals surface area (Å²) < 4.78 is 6.96. The number of aromatic nitrogens is 1. The summed E-state index contributed by atoms with van der Waals surface area (Å²) in [5.74, 6) is 0.937. The third-order valence-corrected chi connectivity index (χ3v) is 4.30. The second-order valence-corrected chi connectivity index (χ2v) is 6.25. The molecular weight excluding hydrogens is 338 g/mol. The molecule has 0 saturated carbocycles. The van der Waals surface area contributed by atoms with Crippen molar-refractivity contribution >= 4 is 39.1 Å². The van der Waals surface area contributed by atoms with E-state index in [2.05, 4.69) is 57.4 Å². The number of pyridine rings is 1. The summed E-state index contributed by atoms with van der Waals surface area (Å²) >= 11 is 3.42. The van der Waals surface area contributed by atoms with Gasteiger partial charge in [-0.2, -0.15) is 0 Å². The molecule has 4 rings (SSSR count). The lowest BCUT2D eigenvalue weighted by atomic mass is 10.0. The maximum Gasteiger partial charge on any atom is 0.135 e. The van der Waals surface area contributed by atoms with E-state index in [1.54, 1.807) is 0 Å². The van der Waals surface area contributed by atoms with Crippen molar-refractivity contribution in [3.8, 4) is 11.3 Å². The first-order valence-corrected chi connectivity index (χ1v) is 8.12. The molecule has 22 heavy (non-hydrogen) atoms. The van der Waals surface area contributed by atoms with Crippen molar-refractivity contribution in [2.24, 2.45) is 0 Å². The summed E-state index contributed by atoms with van der Waals surface area (Å²) in [6.07, 6.45) is 12.6. The molecular formula is C19H14BrNO. The fraction of sp³-hybridized carbons (Fsp3) is 0.105. The van der Waals surface area contributed by atoms with Gasteiger partial charge in [-0.1, -0.05) is 18.2 Å². The Morgan fingerprint density at radius 2 is 1.86 bits per heavy atom. The van der Waals surface area contributed by atoms with Gasteiger partial charge in [-0.3, -0.25) is 4.98 Å². The molecule has 108 valence electrons. The van der Waals surface area contributed by atoms with E-state index in [0.717, 1.165) is 50.9 Å². The maximum absolute atomic E-state index is 5.97. The Labute approximate surface area is 137 Å². The van der Waals surface area contributed by atoms with Gasteiger partial charge in [0.2, 0.25) is 0 Å². The molecule has 0 radical (unpaired) electrons. The number of furan rings is 1. The molecule has 2 heterocycles. The Morgan fingerprint density at radius 3 is 2.68 bits per heavy atom. The van der Waals surface area contributed by atoms with Gasteiger partial charge in [0, 0.05) is 27.2 Å². The largest absolute Gasteiger partial charge is 0.456 e. The van der Waals surface area contributed by atoms with Gasteiger partial charge in [0.25, 0.3) is 0 Å². The highest BCUT2D eigenvalue weighted by Gasteiger charge is 2.12. The van der Waals surface area contributed by atoms with Crippen molar-refractivity contribution < 1.29 is 4.42 Å². The van der Waals surface area contributed by atoms with Gasteiger partial charge < -0.3 is 4.42 Å². The first-order valence-electron chi connectivity index (χ1n) is 7.33. The van der Waals surface area contributed by atoms with Crippen LogP contribution in [-0.4, -0.2) is 4.98 Å². The highest BCUT2D eigenvalue weighted by Crippen LogP contribution is 2.32. The number of fused-ring (bicyclic) bond motifs is 3. The zero-order valence-electron chi connectivity index (χ0n) is 11.9. The number of hydrogen-bond donors (Lipinski definition) is 0. The van der Waals surface area contributed by atoms with E-state index in [-0.39, 0.29) is 0 Å². The van der Waals surface area contributed by atoms with Crippen LogP contribution in [0, 0.1) is 0 Å². The third kappa shape index (κ3) is 2.42. The SMILES string of the molecule is Brc1ccc(-c2ccc3oc4c(c3c2)/C=C\CCC=C4)nc1. The summed E-state index contributed by atoms with van der Waals surface area (Å²) in [4.78, 5) is 4.48. The summed E-state index contributed by atoms with van der Waals surface area (Å²) in [7, 11) is 0. The van der Waals surface area contributed by atoms with E-state index in [1.165, 1.54) is 0 Å². The Balaban J connectivity index is 1.90. The van der Waals surface area contributed by atoms with E-state index in [1.807, 2.05) is 24.4 Å². The summed E-state index contributed by atoms with van der Waals surface area (Å²) in [6.45, 7) is 0. The van der Waals surface area contributed by atoms with Crippen molar-refractivity contribution in [2.45, 2.75) is 12.8 Å². The molecule has 0 unspecified atom stereocenters. The summed E-state index contributed by atoms with van der Waals surface area (Å²) in [5, 5.41) is 1.14. The number of nitrogens with zero attached hydrogens (tertiary/aromatic N) is 1. The minimum atomic E-state index is 0.919. The van der Waals surface area contributed by atoms with Crippen molar-refractivity contribution in [3.63, 3.8) is 0 Å². The Hall–Kier alpha value is -2.13. The van der Waals surface area contributed by atoms with Crippen LogP contribution < -0.4 is 0 Å². The van der Waals surface area contributed by atoms with Crippen molar-refractivity contribution in [3.05, 3.63) is 64.5 Å². The standard InChI is InChI=1S/C19H14BrNO/c20-14-8-9-17(21-12-14)13-7-10-19-16(11-13)15-5-3-1-2-4-6-18(15)22-19/h3-12H,1-2H2/b5-3-,6-4?. The summed E-state index contributed by atoms with van der Waals surface area (Å²) in [5.41, 5.74) is 4.14. The molecule has 0 aliphatic heterocycles. The van der Waals surface area contributed by atoms with E-state index >= 15 is 0 Å². The Morgan fingerprint density at radius 1 is 1.00 bits per heavy atom. The zero-order valence-corrected chi connectivity index (χ0v) is 13.5. The van der Waals surface area contributed by atoms with Gasteiger partial charge in [0.1, 0.15) is 11.3 Å². The quantitative estimate of drug-likeness (QED) is 0.531. The fourth-order valence-electron chi connectivity index (χ4n) is 2.72. The lowest BCUT2D eigenvalue weighted by Crippen LogP contribution is -1.83. The average molecular weight is 352 g/mol. The highest BCUT2D eigenvalue weighted by molar-refractivity contribution is 9.10. The highest BCUT2D eigenvalue weighted by atomic mass is 79.9. The monoisotopic (exact) mass is 351 g/mol. The zero-order chi connectivity index (χ0) is 14.9. The molecule has 2 aromatic heterocycles. The van der Waals surface area contributed by atoms with Gasteiger partial charge in [-0.15, -0.1) is 0 Å². The number of allylic oxidation sites excluding steroid dienone is 2. The molecule has 2 nitrogen and oxygen atoms in total. The van der Waals surface area contributed by atoms with Gasteiger partial charge >= 0.3 is 0 Å². The van der Waals surface area contributed by atoms with Crippen LogP contribution in [-0.2, 0) is 0 Å². The molecule has 0 fully saturated rings. The number of rotatable bonds is 1. The van der Waals surface area contributed by atoms with Crippen molar-refractivity contribution in [1.29, 1.82) is 0 Å². The third-order valence-electron chi connectivity index (χ3n) is 3.83. The molecule has 3 heteroatoms. The topological polar surface area (TPSA) is 26.0 Å². The Bertz CT molecular complexity index is 888. The molecule has 0 bridgehead atoms. The predicted molar refractivity (Wildman–Crippen MR) is 94.4 cm³/mol. The molecule has 1 aliphatic rings. The van der Waals surface area contributed by atoms with Crippen LogP contribution in [0.1, 0.15) is 24.2 Å². The smallest absolute Gasteiger partial charge is 0.135 e. The van der Waals surface area contributed by atoms with Crippen LogP contribution in [0.4, 0.5) is 0 Å². The van der Waals surface area contributed by atoms with Crippen LogP contribution in [0.15, 0.2) is 57.6 Å². The molecule has 0 amide bonds. The molecule has 0 atom stereocenters. The fourth-order valence-corrected chi connectivity index (χ4v) is 2.96. The minimum absolute atomic E-state index is 0.919. The number of halogens is 1. The Kier molecular flexibility index (Phi) is 3.43. The molecule has 3 aromatic rings. The molecule has 1 aliphatic carbocycles. The van der Waals surface area contributed by atoms with E-state index in [4.69, 9.17) is 4.42 Å². The van der Waals surface area contributed by atoms with Crippen LogP contribution in [0.2, 0.25) is 0 Å². The number of benzene rings is 1. The minimum Gasteiger partial charge on any atom is -0.456 e. The molecule has 0 N–H and O–H groups in total. The van der Waals surface area contributed by atoms with E-state index in [0.29, 0.717) is 0 Å². The predicted octanol–water partition coefficient (Wildman–Crippen LogP) is 6.08. The van der Waals surface area contributed by atoms with E-state index in [9.17, 15) is 0 Å². The first kappa shape index (κ1) is 13.5. The first-order chi connectivity index (χ1) is 10.8. The van der Waals surface area contributed by atoms with Crippen molar-refractivity contribution in [1.82, 2.24) is 4.98 Å². The van der Waals surface area contributed by atoms with Crippen LogP contribution in [0.25, 0.3) is 34.4 Å². The van der Waals surface area contributed by atoms with Crippen molar-refractivity contribution in [2.75, 3.05) is 0 Å². The molecule has 0 spiro atoms. The molecule has 0 saturated heterocycles. The molecule has 1 aromatic carbocycles. The lowest BCUT2D eigenvalue weighted by molar-refractivity contribution is 0.603. The van der Waals surface area contributed by atoms with Crippen LogP contribution >= 0.6 is 15.9 Å². The van der Waals surface area contributed by atoms with Gasteiger partial charge in [0.05, 0.1) is 5.69 Å². The average Bonchev–Trinajstić information content (AvgIpc) is 2.84. The van der Waals surface area contributed by atoms with E-state index < -0.39 is 0 Å². The second kappa shape index (κ2) is 5.58. The van der Waals surface area contributed by atoms with Crippen LogP contribution in [0.5, 0.6) is 0 Å². The van der Waals surface area contributed by atoms with Gasteiger partial charge in [0.15, 0.2) is 0 Å². The second-order valence-electron chi connectivity index (χ2n) is 5.33. The maximum atomic E-state index is 5.97. The normalized spacial score (nSPS) is 15.3. The van der Waals surface area contributed by atoms with Crippen LogP contribution in [0.3, 0.4) is 0 Å². The van der Waals surface area contributed by atoms with Gasteiger partial charge in [-0.05, 0) is 65.2 Å².